The summed E-state index contributed by atoms with van der Waals surface area (Å²) in [6.45, 7) is 3.97. The van der Waals surface area contributed by atoms with Gasteiger partial charge in [-0.05, 0) is 42.3 Å². The van der Waals surface area contributed by atoms with Gasteiger partial charge in [0.1, 0.15) is 0 Å². The first-order chi connectivity index (χ1) is 8.69. The monoisotopic (exact) mass is 240 g/mol. The van der Waals surface area contributed by atoms with Crippen LogP contribution in [0.15, 0.2) is 48.5 Å². The van der Waals surface area contributed by atoms with Crippen LogP contribution in [0.2, 0.25) is 0 Å². The molecule has 0 fully saturated rings. The Hall–Kier alpha value is -2.16. The molecule has 2 rings (SSSR count). The molecule has 1 unspecified atom stereocenters. The molecule has 0 saturated carbocycles. The molecule has 2 aromatic rings. The van der Waals surface area contributed by atoms with E-state index in [1.54, 1.807) is 6.07 Å². The zero-order valence-corrected chi connectivity index (χ0v) is 10.3. The molecule has 0 spiro atoms. The van der Waals surface area contributed by atoms with Gasteiger partial charge >= 0.3 is 0 Å². The summed E-state index contributed by atoms with van der Waals surface area (Å²) >= 11 is 0. The maximum Gasteiger partial charge on any atom is 0.0515 e. The molecule has 0 aliphatic rings. The van der Waals surface area contributed by atoms with Crippen LogP contribution in [-0.2, 0) is 0 Å². The molecule has 1 atom stereocenters. The maximum absolute atomic E-state index is 5.82. The van der Waals surface area contributed by atoms with Crippen LogP contribution in [-0.4, -0.2) is 0 Å². The van der Waals surface area contributed by atoms with Crippen molar-refractivity contribution in [3.8, 4) is 0 Å². The number of nitrogens with one attached hydrogen (secondary N) is 1. The van der Waals surface area contributed by atoms with Crippen LogP contribution >= 0.6 is 0 Å². The Morgan fingerprint density at radius 1 is 1.00 bits per heavy atom. The maximum atomic E-state index is 5.82. The van der Waals surface area contributed by atoms with Gasteiger partial charge in [-0.1, -0.05) is 25.1 Å². The lowest BCUT2D eigenvalue weighted by molar-refractivity contribution is 0.796. The van der Waals surface area contributed by atoms with E-state index in [1.807, 2.05) is 42.5 Å². The van der Waals surface area contributed by atoms with Gasteiger partial charge in [-0.25, -0.2) is 0 Å². The molecule has 0 amide bonds. The van der Waals surface area contributed by atoms with Gasteiger partial charge in [0.05, 0.1) is 6.04 Å². The minimum absolute atomic E-state index is 0.109. The van der Waals surface area contributed by atoms with E-state index >= 15 is 0 Å². The molecule has 0 aliphatic carbocycles. The summed E-state index contributed by atoms with van der Waals surface area (Å²) in [5.41, 5.74) is 15.1. The summed E-state index contributed by atoms with van der Waals surface area (Å²) in [4.78, 5) is 0. The highest BCUT2D eigenvalue weighted by Crippen LogP contribution is 2.25. The predicted molar refractivity (Wildman–Crippen MR) is 78.0 cm³/mol. The quantitative estimate of drug-likeness (QED) is 0.719. The highest BCUT2D eigenvalue weighted by molar-refractivity contribution is 5.56. The first kappa shape index (κ1) is 12.3. The van der Waals surface area contributed by atoms with E-state index in [4.69, 9.17) is 11.5 Å². The molecule has 18 heavy (non-hydrogen) atoms. The fourth-order valence-electron chi connectivity index (χ4n) is 1.96. The summed E-state index contributed by atoms with van der Waals surface area (Å²) in [7, 11) is 0. The number of rotatable bonds is 4. The molecule has 0 saturated heterocycles. The second kappa shape index (κ2) is 5.45. The number of benzene rings is 2. The first-order valence-corrected chi connectivity index (χ1v) is 5.96. The van der Waals surface area contributed by atoms with E-state index in [1.165, 1.54) is 0 Å². The molecule has 0 aliphatic heterocycles. The number of nitrogen functional groups attached to an aromatic ring is 2. The van der Waals surface area contributed by atoms with Gasteiger partial charge in [-0.15, -0.1) is 0 Å². The van der Waals surface area contributed by atoms with Crippen LogP contribution in [0.5, 0.6) is 0 Å². The number of hydrogen-bond donors (Lipinski definition) is 3. The van der Waals surface area contributed by atoms with Crippen molar-refractivity contribution in [1.29, 1.82) is 0 Å². The van der Waals surface area contributed by atoms with Crippen LogP contribution in [0.4, 0.5) is 17.1 Å². The Balaban J connectivity index is 2.23. The molecule has 1 radical (unpaired) electrons. The lowest BCUT2D eigenvalue weighted by Crippen LogP contribution is -2.10. The molecule has 3 heteroatoms. The second-order valence-electron chi connectivity index (χ2n) is 4.28. The van der Waals surface area contributed by atoms with Crippen LogP contribution in [0.1, 0.15) is 18.0 Å². The fourth-order valence-corrected chi connectivity index (χ4v) is 1.96. The number of hydrogen-bond acceptors (Lipinski definition) is 3. The fraction of sp³-hybridized carbons (Fsp3) is 0.133. The van der Waals surface area contributed by atoms with Crippen LogP contribution in [0.25, 0.3) is 0 Å². The Morgan fingerprint density at radius 3 is 2.17 bits per heavy atom. The third kappa shape index (κ3) is 2.94. The van der Waals surface area contributed by atoms with E-state index in [0.29, 0.717) is 11.4 Å². The molecular formula is C15H18N3. The van der Waals surface area contributed by atoms with Crippen LogP contribution in [0, 0.1) is 6.92 Å². The van der Waals surface area contributed by atoms with Crippen molar-refractivity contribution in [1.82, 2.24) is 0 Å². The van der Waals surface area contributed by atoms with Crippen molar-refractivity contribution >= 4 is 17.1 Å². The van der Waals surface area contributed by atoms with Gasteiger partial charge in [-0.3, -0.25) is 0 Å². The Kier molecular flexibility index (Phi) is 3.72. The molecule has 5 N–H and O–H groups in total. The van der Waals surface area contributed by atoms with Crippen molar-refractivity contribution in [3.63, 3.8) is 0 Å². The molecule has 93 valence electrons. The summed E-state index contributed by atoms with van der Waals surface area (Å²) in [6.07, 6.45) is 0.720. The normalized spacial score (nSPS) is 12.1. The molecule has 0 bridgehead atoms. The average Bonchev–Trinajstić information content (AvgIpc) is 2.36. The minimum atomic E-state index is 0.109. The van der Waals surface area contributed by atoms with Crippen molar-refractivity contribution < 1.29 is 0 Å². The second-order valence-corrected chi connectivity index (χ2v) is 4.28. The van der Waals surface area contributed by atoms with Crippen molar-refractivity contribution in [2.24, 2.45) is 0 Å². The van der Waals surface area contributed by atoms with Crippen molar-refractivity contribution in [2.75, 3.05) is 16.8 Å². The summed E-state index contributed by atoms with van der Waals surface area (Å²) in [6, 6.07) is 15.8. The lowest BCUT2D eigenvalue weighted by Gasteiger charge is -2.19. The van der Waals surface area contributed by atoms with Gasteiger partial charge in [0.2, 0.25) is 0 Å². The van der Waals surface area contributed by atoms with Gasteiger partial charge in [0, 0.05) is 17.1 Å². The largest absolute Gasteiger partial charge is 0.399 e. The summed E-state index contributed by atoms with van der Waals surface area (Å²) < 4.78 is 0. The Labute approximate surface area is 108 Å². The highest BCUT2D eigenvalue weighted by Gasteiger charge is 2.10. The van der Waals surface area contributed by atoms with Gasteiger partial charge in [0.15, 0.2) is 0 Å². The molecule has 0 heterocycles. The molecule has 2 aromatic carbocycles. The summed E-state index contributed by atoms with van der Waals surface area (Å²) in [5.74, 6) is 0. The SMILES string of the molecule is [CH2]CC(Nc1ccccc1)c1cc(N)cc(N)c1. The standard InChI is InChI=1S/C15H18N3/c1-2-15(18-14-6-4-3-5-7-14)11-8-12(16)10-13(17)9-11/h3-10,15,18H,1-2,16-17H2. The Morgan fingerprint density at radius 2 is 1.61 bits per heavy atom. The van der Waals surface area contributed by atoms with Crippen molar-refractivity contribution in [3.05, 3.63) is 61.0 Å². The highest BCUT2D eigenvalue weighted by atomic mass is 14.9. The average molecular weight is 240 g/mol. The third-order valence-electron chi connectivity index (χ3n) is 2.81. The molecule has 3 nitrogen and oxygen atoms in total. The van der Waals surface area contributed by atoms with Gasteiger partial charge in [0.25, 0.3) is 0 Å². The smallest absolute Gasteiger partial charge is 0.0515 e. The van der Waals surface area contributed by atoms with Gasteiger partial charge < -0.3 is 16.8 Å². The van der Waals surface area contributed by atoms with E-state index in [0.717, 1.165) is 17.7 Å². The zero-order valence-electron chi connectivity index (χ0n) is 10.3. The molecular weight excluding hydrogens is 222 g/mol. The van der Waals surface area contributed by atoms with E-state index in [2.05, 4.69) is 12.2 Å². The number of anilines is 3. The Bertz CT molecular complexity index is 488. The van der Waals surface area contributed by atoms with Crippen molar-refractivity contribution in [2.45, 2.75) is 12.5 Å². The van der Waals surface area contributed by atoms with E-state index in [9.17, 15) is 0 Å². The first-order valence-electron chi connectivity index (χ1n) is 5.96. The number of para-hydroxylation sites is 1. The predicted octanol–water partition coefficient (Wildman–Crippen LogP) is 3.23. The van der Waals surface area contributed by atoms with Crippen LogP contribution < -0.4 is 16.8 Å². The van der Waals surface area contributed by atoms with Gasteiger partial charge in [-0.2, -0.15) is 0 Å². The van der Waals surface area contributed by atoms with E-state index in [-0.39, 0.29) is 6.04 Å². The topological polar surface area (TPSA) is 64.1 Å². The minimum Gasteiger partial charge on any atom is -0.399 e. The third-order valence-corrected chi connectivity index (χ3v) is 2.81. The lowest BCUT2D eigenvalue weighted by atomic mass is 10.0. The number of nitrogens with two attached hydrogens (primary N) is 2. The van der Waals surface area contributed by atoms with E-state index < -0.39 is 0 Å². The van der Waals surface area contributed by atoms with Crippen LogP contribution in [0.3, 0.4) is 0 Å². The zero-order chi connectivity index (χ0) is 13.0. The summed E-state index contributed by atoms with van der Waals surface area (Å²) in [5, 5.41) is 3.43. The molecule has 0 aromatic heterocycles.